The van der Waals surface area contributed by atoms with Crippen molar-refractivity contribution in [1.29, 1.82) is 5.26 Å². The van der Waals surface area contributed by atoms with Gasteiger partial charge in [0.2, 0.25) is 0 Å². The Labute approximate surface area is 111 Å². The summed E-state index contributed by atoms with van der Waals surface area (Å²) in [5, 5.41) is 8.88. The molecule has 0 aliphatic carbocycles. The van der Waals surface area contributed by atoms with E-state index in [1.807, 2.05) is 12.1 Å². The van der Waals surface area contributed by atoms with Crippen LogP contribution in [0, 0.1) is 11.3 Å². The largest absolute Gasteiger partial charge is 0.368 e. The van der Waals surface area contributed by atoms with Crippen molar-refractivity contribution in [2.45, 2.75) is 38.6 Å². The average Bonchev–Trinajstić information content (AvgIpc) is 2.54. The molecule has 1 aromatic carbocycles. The molecule has 1 saturated heterocycles. The van der Waals surface area contributed by atoms with Crippen LogP contribution in [0.2, 0.25) is 0 Å². The molecule has 1 aromatic rings. The molecule has 0 saturated carbocycles. The molecule has 1 aliphatic heterocycles. The summed E-state index contributed by atoms with van der Waals surface area (Å²) >= 11 is 3.58. The Morgan fingerprint density at radius 1 is 1.35 bits per heavy atom. The van der Waals surface area contributed by atoms with Crippen LogP contribution >= 0.6 is 15.9 Å². The van der Waals surface area contributed by atoms with Gasteiger partial charge in [0.15, 0.2) is 0 Å². The molecule has 1 fully saturated rings. The standard InChI is InChI=1S/C14H17BrN2/c1-11-5-3-2-4-8-17(11)14-7-6-12(10-16)9-13(14)15/h6-7,9,11H,2-5,8H2,1H3. The summed E-state index contributed by atoms with van der Waals surface area (Å²) in [6, 6.07) is 8.63. The van der Waals surface area contributed by atoms with Gasteiger partial charge in [-0.15, -0.1) is 0 Å². The predicted octanol–water partition coefficient (Wildman–Crippen LogP) is 4.09. The van der Waals surface area contributed by atoms with Gasteiger partial charge in [0.25, 0.3) is 0 Å². The maximum Gasteiger partial charge on any atom is 0.0992 e. The van der Waals surface area contributed by atoms with Gasteiger partial charge >= 0.3 is 0 Å². The maximum absolute atomic E-state index is 8.88. The predicted molar refractivity (Wildman–Crippen MR) is 74.1 cm³/mol. The van der Waals surface area contributed by atoms with Gasteiger partial charge in [0, 0.05) is 17.1 Å². The second kappa shape index (κ2) is 5.55. The van der Waals surface area contributed by atoms with Crippen LogP contribution < -0.4 is 4.90 Å². The van der Waals surface area contributed by atoms with Crippen molar-refractivity contribution in [1.82, 2.24) is 0 Å². The first-order valence-corrected chi connectivity index (χ1v) is 6.98. The first-order valence-electron chi connectivity index (χ1n) is 6.18. The number of hydrogen-bond acceptors (Lipinski definition) is 2. The highest BCUT2D eigenvalue weighted by molar-refractivity contribution is 9.10. The van der Waals surface area contributed by atoms with Crippen molar-refractivity contribution in [3.05, 3.63) is 28.2 Å². The molecule has 1 atom stereocenters. The van der Waals surface area contributed by atoms with E-state index in [4.69, 9.17) is 5.26 Å². The van der Waals surface area contributed by atoms with Gasteiger partial charge < -0.3 is 4.90 Å². The third kappa shape index (κ3) is 2.81. The summed E-state index contributed by atoms with van der Waals surface area (Å²) in [5.74, 6) is 0. The Bertz CT molecular complexity index is 436. The SMILES string of the molecule is CC1CCCCCN1c1ccc(C#N)cc1Br. The summed E-state index contributed by atoms with van der Waals surface area (Å²) in [4.78, 5) is 2.46. The Morgan fingerprint density at radius 2 is 2.18 bits per heavy atom. The third-order valence-electron chi connectivity index (χ3n) is 3.44. The van der Waals surface area contributed by atoms with Gasteiger partial charge in [-0.25, -0.2) is 0 Å². The second-order valence-corrected chi connectivity index (χ2v) is 5.52. The smallest absolute Gasteiger partial charge is 0.0992 e. The number of nitriles is 1. The van der Waals surface area contributed by atoms with Crippen LogP contribution in [0.4, 0.5) is 5.69 Å². The van der Waals surface area contributed by atoms with Crippen LogP contribution in [0.15, 0.2) is 22.7 Å². The van der Waals surface area contributed by atoms with Crippen LogP contribution in [-0.2, 0) is 0 Å². The van der Waals surface area contributed by atoms with Crippen LogP contribution in [0.3, 0.4) is 0 Å². The maximum atomic E-state index is 8.88. The summed E-state index contributed by atoms with van der Waals surface area (Å²) in [5.41, 5.74) is 1.93. The number of nitrogens with zero attached hydrogens (tertiary/aromatic N) is 2. The lowest BCUT2D eigenvalue weighted by Gasteiger charge is -2.30. The molecule has 2 rings (SSSR count). The highest BCUT2D eigenvalue weighted by Gasteiger charge is 2.19. The molecule has 1 unspecified atom stereocenters. The molecule has 2 nitrogen and oxygen atoms in total. The van der Waals surface area contributed by atoms with Gasteiger partial charge in [-0.05, 0) is 53.9 Å². The van der Waals surface area contributed by atoms with Gasteiger partial charge in [-0.2, -0.15) is 5.26 Å². The minimum Gasteiger partial charge on any atom is -0.368 e. The Balaban J connectivity index is 2.29. The van der Waals surface area contributed by atoms with Gasteiger partial charge in [-0.1, -0.05) is 12.8 Å². The molecule has 1 aliphatic rings. The van der Waals surface area contributed by atoms with E-state index >= 15 is 0 Å². The van der Waals surface area contributed by atoms with Crippen molar-refractivity contribution >= 4 is 21.6 Å². The lowest BCUT2D eigenvalue weighted by molar-refractivity contribution is 0.615. The molecular formula is C14H17BrN2. The topological polar surface area (TPSA) is 27.0 Å². The molecule has 3 heteroatoms. The first-order chi connectivity index (χ1) is 8.22. The fourth-order valence-electron chi connectivity index (χ4n) is 2.44. The molecule has 0 bridgehead atoms. The van der Waals surface area contributed by atoms with E-state index in [9.17, 15) is 0 Å². The fourth-order valence-corrected chi connectivity index (χ4v) is 3.05. The molecule has 0 amide bonds. The minimum atomic E-state index is 0.585. The molecular weight excluding hydrogens is 276 g/mol. The van der Waals surface area contributed by atoms with E-state index in [-0.39, 0.29) is 0 Å². The number of halogens is 1. The van der Waals surface area contributed by atoms with Crippen molar-refractivity contribution in [2.24, 2.45) is 0 Å². The highest BCUT2D eigenvalue weighted by Crippen LogP contribution is 2.31. The molecule has 17 heavy (non-hydrogen) atoms. The summed E-state index contributed by atoms with van der Waals surface area (Å²) in [6.45, 7) is 3.40. The van der Waals surface area contributed by atoms with E-state index in [0.717, 1.165) is 11.0 Å². The van der Waals surface area contributed by atoms with Crippen LogP contribution in [0.5, 0.6) is 0 Å². The van der Waals surface area contributed by atoms with E-state index in [1.165, 1.54) is 31.4 Å². The van der Waals surface area contributed by atoms with Crippen molar-refractivity contribution < 1.29 is 0 Å². The number of benzene rings is 1. The lowest BCUT2D eigenvalue weighted by atomic mass is 10.1. The summed E-state index contributed by atoms with van der Waals surface area (Å²) in [7, 11) is 0. The van der Waals surface area contributed by atoms with Gasteiger partial charge in [-0.3, -0.25) is 0 Å². The normalized spacial score (nSPS) is 20.8. The first kappa shape index (κ1) is 12.4. The number of rotatable bonds is 1. The second-order valence-electron chi connectivity index (χ2n) is 4.67. The zero-order valence-electron chi connectivity index (χ0n) is 10.1. The molecule has 0 radical (unpaired) electrons. The Morgan fingerprint density at radius 3 is 2.88 bits per heavy atom. The van der Waals surface area contributed by atoms with Crippen molar-refractivity contribution in [3.63, 3.8) is 0 Å². The molecule has 0 spiro atoms. The third-order valence-corrected chi connectivity index (χ3v) is 4.07. The average molecular weight is 293 g/mol. The zero-order valence-corrected chi connectivity index (χ0v) is 11.7. The van der Waals surface area contributed by atoms with Crippen LogP contribution in [0.1, 0.15) is 38.2 Å². The van der Waals surface area contributed by atoms with Crippen molar-refractivity contribution in [2.75, 3.05) is 11.4 Å². The molecule has 1 heterocycles. The fraction of sp³-hybridized carbons (Fsp3) is 0.500. The molecule has 0 N–H and O–H groups in total. The number of anilines is 1. The van der Waals surface area contributed by atoms with E-state index in [1.54, 1.807) is 0 Å². The van der Waals surface area contributed by atoms with Crippen molar-refractivity contribution in [3.8, 4) is 6.07 Å². The lowest BCUT2D eigenvalue weighted by Crippen LogP contribution is -2.32. The van der Waals surface area contributed by atoms with Crippen LogP contribution in [-0.4, -0.2) is 12.6 Å². The number of hydrogen-bond donors (Lipinski definition) is 0. The van der Waals surface area contributed by atoms with Gasteiger partial charge in [0.1, 0.15) is 0 Å². The zero-order chi connectivity index (χ0) is 12.3. The molecule has 0 aromatic heterocycles. The summed E-state index contributed by atoms with van der Waals surface area (Å²) in [6.07, 6.45) is 5.17. The van der Waals surface area contributed by atoms with Gasteiger partial charge in [0.05, 0.1) is 17.3 Å². The van der Waals surface area contributed by atoms with E-state index in [0.29, 0.717) is 11.6 Å². The summed E-state index contributed by atoms with van der Waals surface area (Å²) < 4.78 is 1.03. The molecule has 90 valence electrons. The Kier molecular flexibility index (Phi) is 4.06. The van der Waals surface area contributed by atoms with E-state index < -0.39 is 0 Å². The highest BCUT2D eigenvalue weighted by atomic mass is 79.9. The van der Waals surface area contributed by atoms with Crippen LogP contribution in [0.25, 0.3) is 0 Å². The quantitative estimate of drug-likeness (QED) is 0.779. The monoisotopic (exact) mass is 292 g/mol. The minimum absolute atomic E-state index is 0.585. The van der Waals surface area contributed by atoms with E-state index in [2.05, 4.69) is 39.9 Å². The Hall–Kier alpha value is -1.01.